The van der Waals surface area contributed by atoms with Crippen molar-refractivity contribution in [2.45, 2.75) is 26.8 Å². The highest BCUT2D eigenvalue weighted by molar-refractivity contribution is 5.35. The van der Waals surface area contributed by atoms with E-state index in [-0.39, 0.29) is 0 Å². The highest BCUT2D eigenvalue weighted by Crippen LogP contribution is 2.18. The van der Waals surface area contributed by atoms with E-state index in [2.05, 4.69) is 48.0 Å². The Morgan fingerprint density at radius 3 is 2.90 bits per heavy atom. The Kier molecular flexibility index (Phi) is 5.94. The van der Waals surface area contributed by atoms with Gasteiger partial charge in [-0.3, -0.25) is 4.98 Å². The lowest BCUT2D eigenvalue weighted by molar-refractivity contribution is 0.395. The van der Waals surface area contributed by atoms with Crippen molar-refractivity contribution in [3.05, 3.63) is 18.1 Å². The Hall–Kier alpha value is -1.20. The van der Waals surface area contributed by atoms with Crippen molar-refractivity contribution >= 4 is 5.82 Å². The van der Waals surface area contributed by atoms with Gasteiger partial charge in [-0.25, -0.2) is 4.98 Å². The van der Waals surface area contributed by atoms with Gasteiger partial charge < -0.3 is 15.1 Å². The maximum Gasteiger partial charge on any atom is 0.147 e. The summed E-state index contributed by atoms with van der Waals surface area (Å²) < 4.78 is 0. The second-order valence-electron chi connectivity index (χ2n) is 6.69. The molecule has 2 rings (SSSR count). The van der Waals surface area contributed by atoms with Crippen molar-refractivity contribution in [3.63, 3.8) is 0 Å². The van der Waals surface area contributed by atoms with Gasteiger partial charge in [0.1, 0.15) is 5.82 Å². The summed E-state index contributed by atoms with van der Waals surface area (Å²) in [5.74, 6) is 2.38. The van der Waals surface area contributed by atoms with Crippen LogP contribution in [-0.2, 0) is 6.54 Å². The summed E-state index contributed by atoms with van der Waals surface area (Å²) in [6.45, 7) is 9.68. The predicted octanol–water partition coefficient (Wildman–Crippen LogP) is 1.61. The summed E-state index contributed by atoms with van der Waals surface area (Å²) in [6, 6.07) is 0. The molecule has 1 aliphatic rings. The smallest absolute Gasteiger partial charge is 0.147 e. The minimum Gasteiger partial charge on any atom is -0.358 e. The van der Waals surface area contributed by atoms with Gasteiger partial charge in [-0.15, -0.1) is 0 Å². The number of nitrogens with zero attached hydrogens (tertiary/aromatic N) is 4. The summed E-state index contributed by atoms with van der Waals surface area (Å²) in [6.07, 6.45) is 5.00. The van der Waals surface area contributed by atoms with Crippen molar-refractivity contribution in [2.24, 2.45) is 11.8 Å². The fourth-order valence-electron chi connectivity index (χ4n) is 2.81. The molecule has 1 atom stereocenters. The van der Waals surface area contributed by atoms with E-state index in [0.717, 1.165) is 37.1 Å². The van der Waals surface area contributed by atoms with Crippen LogP contribution in [0.2, 0.25) is 0 Å². The summed E-state index contributed by atoms with van der Waals surface area (Å²) in [5.41, 5.74) is 1.02. The molecule has 1 aromatic rings. The Balaban J connectivity index is 1.87. The van der Waals surface area contributed by atoms with Crippen molar-refractivity contribution in [1.29, 1.82) is 0 Å². The maximum absolute atomic E-state index is 4.72. The molecule has 21 heavy (non-hydrogen) atoms. The SMILES string of the molecule is CC(C)CNCc1cncc(N(C)CC2CCN(C)C2)n1. The Morgan fingerprint density at radius 2 is 2.24 bits per heavy atom. The van der Waals surface area contributed by atoms with Crippen LogP contribution in [0.25, 0.3) is 0 Å². The predicted molar refractivity (Wildman–Crippen MR) is 87.5 cm³/mol. The first-order chi connectivity index (χ1) is 10.0. The molecule has 1 fully saturated rings. The number of anilines is 1. The van der Waals surface area contributed by atoms with E-state index in [1.165, 1.54) is 19.5 Å². The Morgan fingerprint density at radius 1 is 1.43 bits per heavy atom. The molecule has 0 amide bonds. The molecular weight excluding hydrogens is 262 g/mol. The molecule has 1 aliphatic heterocycles. The number of rotatable bonds is 7. The van der Waals surface area contributed by atoms with Crippen molar-refractivity contribution in [3.8, 4) is 0 Å². The number of hydrogen-bond donors (Lipinski definition) is 1. The summed E-state index contributed by atoms with van der Waals surface area (Å²) >= 11 is 0. The van der Waals surface area contributed by atoms with Crippen LogP contribution in [0.4, 0.5) is 5.82 Å². The zero-order valence-corrected chi connectivity index (χ0v) is 13.8. The van der Waals surface area contributed by atoms with Gasteiger partial charge in [0.2, 0.25) is 0 Å². The van der Waals surface area contributed by atoms with Crippen LogP contribution in [0.15, 0.2) is 12.4 Å². The van der Waals surface area contributed by atoms with Crippen LogP contribution in [0.5, 0.6) is 0 Å². The standard InChI is InChI=1S/C16H29N5/c1-13(2)7-17-8-15-9-18-10-16(19-15)21(4)12-14-5-6-20(3)11-14/h9-10,13-14,17H,5-8,11-12H2,1-4H3. The molecule has 5 heteroatoms. The van der Waals surface area contributed by atoms with Crippen LogP contribution < -0.4 is 10.2 Å². The second kappa shape index (κ2) is 7.71. The molecule has 0 aliphatic carbocycles. The fourth-order valence-corrected chi connectivity index (χ4v) is 2.81. The third-order valence-electron chi connectivity index (χ3n) is 3.94. The molecule has 5 nitrogen and oxygen atoms in total. The third-order valence-corrected chi connectivity index (χ3v) is 3.94. The largest absolute Gasteiger partial charge is 0.358 e. The minimum absolute atomic E-state index is 0.656. The monoisotopic (exact) mass is 291 g/mol. The van der Waals surface area contributed by atoms with Crippen LogP contribution in [0, 0.1) is 11.8 Å². The Labute approximate surface area is 128 Å². The first-order valence-electron chi connectivity index (χ1n) is 7.96. The number of aromatic nitrogens is 2. The molecule has 0 radical (unpaired) electrons. The van der Waals surface area contributed by atoms with Gasteiger partial charge in [-0.2, -0.15) is 0 Å². The molecule has 0 aromatic carbocycles. The Bertz CT molecular complexity index is 434. The van der Waals surface area contributed by atoms with Crippen LogP contribution in [0.3, 0.4) is 0 Å². The lowest BCUT2D eigenvalue weighted by Crippen LogP contribution is -2.28. The van der Waals surface area contributed by atoms with Crippen LogP contribution in [0.1, 0.15) is 26.0 Å². The number of nitrogens with one attached hydrogen (secondary N) is 1. The van der Waals surface area contributed by atoms with Gasteiger partial charge in [-0.05, 0) is 38.4 Å². The highest BCUT2D eigenvalue weighted by Gasteiger charge is 2.21. The molecule has 118 valence electrons. The molecule has 1 saturated heterocycles. The number of hydrogen-bond acceptors (Lipinski definition) is 5. The molecular formula is C16H29N5. The zero-order chi connectivity index (χ0) is 15.2. The van der Waals surface area contributed by atoms with Crippen LogP contribution in [-0.4, -0.2) is 55.1 Å². The number of likely N-dealkylation sites (tertiary alicyclic amines) is 1. The first kappa shape index (κ1) is 16.2. The van der Waals surface area contributed by atoms with E-state index in [0.29, 0.717) is 5.92 Å². The molecule has 1 N–H and O–H groups in total. The van der Waals surface area contributed by atoms with Gasteiger partial charge in [-0.1, -0.05) is 13.8 Å². The van der Waals surface area contributed by atoms with E-state index in [4.69, 9.17) is 4.98 Å². The summed E-state index contributed by atoms with van der Waals surface area (Å²) in [5, 5.41) is 3.42. The van der Waals surface area contributed by atoms with Gasteiger partial charge in [0.15, 0.2) is 0 Å². The van der Waals surface area contributed by atoms with E-state index in [9.17, 15) is 0 Å². The molecule has 0 saturated carbocycles. The van der Waals surface area contributed by atoms with Gasteiger partial charge in [0, 0.05) is 32.9 Å². The van der Waals surface area contributed by atoms with E-state index in [1.54, 1.807) is 0 Å². The second-order valence-corrected chi connectivity index (χ2v) is 6.69. The summed E-state index contributed by atoms with van der Waals surface area (Å²) in [4.78, 5) is 13.7. The zero-order valence-electron chi connectivity index (χ0n) is 13.8. The lowest BCUT2D eigenvalue weighted by atomic mass is 10.1. The molecule has 1 aromatic heterocycles. The van der Waals surface area contributed by atoms with E-state index in [1.807, 2.05) is 12.4 Å². The summed E-state index contributed by atoms with van der Waals surface area (Å²) in [7, 11) is 4.31. The van der Waals surface area contributed by atoms with Crippen molar-refractivity contribution < 1.29 is 0 Å². The fraction of sp³-hybridized carbons (Fsp3) is 0.750. The van der Waals surface area contributed by atoms with E-state index < -0.39 is 0 Å². The molecule has 2 heterocycles. The minimum atomic E-state index is 0.656. The van der Waals surface area contributed by atoms with Crippen molar-refractivity contribution in [1.82, 2.24) is 20.2 Å². The molecule has 0 bridgehead atoms. The lowest BCUT2D eigenvalue weighted by Gasteiger charge is -2.22. The van der Waals surface area contributed by atoms with E-state index >= 15 is 0 Å². The van der Waals surface area contributed by atoms with Crippen LogP contribution >= 0.6 is 0 Å². The maximum atomic E-state index is 4.72. The average Bonchev–Trinajstić information content (AvgIpc) is 2.84. The van der Waals surface area contributed by atoms with Gasteiger partial charge in [0.25, 0.3) is 0 Å². The first-order valence-corrected chi connectivity index (χ1v) is 7.96. The topological polar surface area (TPSA) is 44.3 Å². The highest BCUT2D eigenvalue weighted by atomic mass is 15.2. The van der Waals surface area contributed by atoms with Crippen molar-refractivity contribution in [2.75, 3.05) is 45.2 Å². The van der Waals surface area contributed by atoms with Gasteiger partial charge in [0.05, 0.1) is 11.9 Å². The molecule has 1 unspecified atom stereocenters. The van der Waals surface area contributed by atoms with Gasteiger partial charge >= 0.3 is 0 Å². The third kappa shape index (κ3) is 5.25. The molecule has 0 spiro atoms. The quantitative estimate of drug-likeness (QED) is 0.827. The normalized spacial score (nSPS) is 19.4. The average molecular weight is 291 g/mol.